The summed E-state index contributed by atoms with van der Waals surface area (Å²) >= 11 is 0. The van der Waals surface area contributed by atoms with E-state index in [9.17, 15) is 0 Å². The van der Waals surface area contributed by atoms with E-state index in [0.29, 0.717) is 6.04 Å². The molecule has 98 valence electrons. The van der Waals surface area contributed by atoms with Crippen LogP contribution in [0, 0.1) is 5.41 Å². The van der Waals surface area contributed by atoms with E-state index in [2.05, 4.69) is 51.2 Å². The zero-order valence-electron chi connectivity index (χ0n) is 12.0. The highest BCUT2D eigenvalue weighted by molar-refractivity contribution is 5.14. The van der Waals surface area contributed by atoms with Crippen LogP contribution < -0.4 is 5.32 Å². The largest absolute Gasteiger partial charge is 0.310 e. The molecule has 0 bridgehead atoms. The molecule has 1 aromatic rings. The molecule has 0 aliphatic rings. The van der Waals surface area contributed by atoms with Gasteiger partial charge in [0.2, 0.25) is 0 Å². The lowest BCUT2D eigenvalue weighted by Crippen LogP contribution is -2.33. The smallest absolute Gasteiger partial charge is 0.0537 e. The third-order valence-electron chi connectivity index (χ3n) is 3.54. The van der Waals surface area contributed by atoms with E-state index in [0.717, 1.165) is 25.9 Å². The van der Waals surface area contributed by atoms with Crippen molar-refractivity contribution >= 4 is 0 Å². The topological polar surface area (TPSA) is 29.9 Å². The second kappa shape index (κ2) is 6.20. The predicted molar refractivity (Wildman–Crippen MR) is 73.0 cm³/mol. The van der Waals surface area contributed by atoms with Crippen molar-refractivity contribution in [3.05, 3.63) is 18.0 Å². The molecule has 0 aliphatic heterocycles. The molecular formula is C14H27N3. The number of nitrogens with zero attached hydrogens (tertiary/aromatic N) is 2. The van der Waals surface area contributed by atoms with Gasteiger partial charge in [-0.2, -0.15) is 5.10 Å². The molecule has 0 amide bonds. The van der Waals surface area contributed by atoms with E-state index in [1.807, 2.05) is 10.9 Å². The van der Waals surface area contributed by atoms with Crippen LogP contribution in [0.15, 0.2) is 12.4 Å². The summed E-state index contributed by atoms with van der Waals surface area (Å²) in [6.45, 7) is 13.2. The number of hydrogen-bond donors (Lipinski definition) is 1. The normalized spacial score (nSPS) is 13.9. The minimum absolute atomic E-state index is 0.260. The van der Waals surface area contributed by atoms with Gasteiger partial charge in [-0.25, -0.2) is 0 Å². The average molecular weight is 237 g/mol. The molecule has 1 aromatic heterocycles. The summed E-state index contributed by atoms with van der Waals surface area (Å²) in [7, 11) is 0. The van der Waals surface area contributed by atoms with Crippen LogP contribution in [-0.4, -0.2) is 16.3 Å². The molecule has 0 radical (unpaired) electrons. The van der Waals surface area contributed by atoms with E-state index < -0.39 is 0 Å². The highest BCUT2D eigenvalue weighted by Gasteiger charge is 2.29. The first-order valence-electron chi connectivity index (χ1n) is 6.80. The first-order valence-corrected chi connectivity index (χ1v) is 6.80. The molecule has 17 heavy (non-hydrogen) atoms. The van der Waals surface area contributed by atoms with Crippen LogP contribution in [0.4, 0.5) is 0 Å². The zero-order valence-corrected chi connectivity index (χ0v) is 12.0. The number of aryl methyl sites for hydroxylation is 1. The third-order valence-corrected chi connectivity index (χ3v) is 3.54. The van der Waals surface area contributed by atoms with Crippen molar-refractivity contribution in [2.75, 3.05) is 6.54 Å². The van der Waals surface area contributed by atoms with E-state index in [4.69, 9.17) is 0 Å². The molecule has 3 nitrogen and oxygen atoms in total. The number of hydrogen-bond acceptors (Lipinski definition) is 2. The van der Waals surface area contributed by atoms with Gasteiger partial charge in [-0.15, -0.1) is 0 Å². The molecule has 1 atom stereocenters. The van der Waals surface area contributed by atoms with Crippen molar-refractivity contribution in [2.24, 2.45) is 5.41 Å². The summed E-state index contributed by atoms with van der Waals surface area (Å²) in [5.41, 5.74) is 1.57. The average Bonchev–Trinajstić information content (AvgIpc) is 2.74. The summed E-state index contributed by atoms with van der Waals surface area (Å²) in [6, 6.07) is 0.392. The van der Waals surface area contributed by atoms with Crippen molar-refractivity contribution in [1.82, 2.24) is 15.1 Å². The summed E-state index contributed by atoms with van der Waals surface area (Å²) < 4.78 is 2.05. The predicted octanol–water partition coefficient (Wildman–Crippen LogP) is 3.38. The monoisotopic (exact) mass is 237 g/mol. The van der Waals surface area contributed by atoms with Crippen LogP contribution in [0.2, 0.25) is 0 Å². The first-order chi connectivity index (χ1) is 8.05. The number of nitrogens with one attached hydrogen (secondary N) is 1. The molecule has 1 rings (SSSR count). The van der Waals surface area contributed by atoms with Gasteiger partial charge in [0.1, 0.15) is 0 Å². The lowest BCUT2D eigenvalue weighted by Gasteiger charge is -2.33. The van der Waals surface area contributed by atoms with E-state index in [1.165, 1.54) is 5.56 Å². The second-order valence-corrected chi connectivity index (χ2v) is 5.37. The van der Waals surface area contributed by atoms with Crippen molar-refractivity contribution in [3.63, 3.8) is 0 Å². The Balaban J connectivity index is 2.89. The Morgan fingerprint density at radius 2 is 2.06 bits per heavy atom. The maximum absolute atomic E-state index is 4.43. The van der Waals surface area contributed by atoms with Crippen molar-refractivity contribution in [2.45, 2.75) is 60.0 Å². The molecule has 1 N–H and O–H groups in total. The van der Waals surface area contributed by atoms with Crippen LogP contribution in [0.25, 0.3) is 0 Å². The number of rotatable bonds is 7. The minimum atomic E-state index is 0.260. The molecule has 0 aliphatic carbocycles. The van der Waals surface area contributed by atoms with Gasteiger partial charge in [-0.1, -0.05) is 34.6 Å². The van der Waals surface area contributed by atoms with Gasteiger partial charge in [0, 0.05) is 24.3 Å². The van der Waals surface area contributed by atoms with Gasteiger partial charge < -0.3 is 5.32 Å². The van der Waals surface area contributed by atoms with E-state index in [-0.39, 0.29) is 5.41 Å². The molecule has 0 saturated carbocycles. The molecule has 0 fully saturated rings. The Labute approximate surface area is 106 Å². The lowest BCUT2D eigenvalue weighted by molar-refractivity contribution is 0.237. The van der Waals surface area contributed by atoms with Crippen LogP contribution >= 0.6 is 0 Å². The Bertz CT molecular complexity index is 328. The van der Waals surface area contributed by atoms with Crippen molar-refractivity contribution < 1.29 is 0 Å². The summed E-state index contributed by atoms with van der Waals surface area (Å²) in [6.07, 6.45) is 6.49. The summed E-state index contributed by atoms with van der Waals surface area (Å²) in [5, 5.41) is 8.03. The Morgan fingerprint density at radius 3 is 2.59 bits per heavy atom. The molecule has 0 spiro atoms. The van der Waals surface area contributed by atoms with Gasteiger partial charge in [-0.05, 0) is 24.8 Å². The fraction of sp³-hybridized carbons (Fsp3) is 0.786. The standard InChI is InChI=1S/C14H27N3/c1-6-9-17-11-12(10-16-17)13(15-8-3)14(4,5)7-2/h10-11,13,15H,6-9H2,1-5H3. The highest BCUT2D eigenvalue weighted by atomic mass is 15.3. The summed E-state index contributed by atoms with van der Waals surface area (Å²) in [4.78, 5) is 0. The van der Waals surface area contributed by atoms with Gasteiger partial charge in [0.15, 0.2) is 0 Å². The Hall–Kier alpha value is -0.830. The zero-order chi connectivity index (χ0) is 12.9. The molecule has 0 saturated heterocycles. The molecule has 1 unspecified atom stereocenters. The molecule has 0 aromatic carbocycles. The van der Waals surface area contributed by atoms with E-state index in [1.54, 1.807) is 0 Å². The van der Waals surface area contributed by atoms with Crippen LogP contribution in [-0.2, 0) is 6.54 Å². The third kappa shape index (κ3) is 3.56. The van der Waals surface area contributed by atoms with E-state index >= 15 is 0 Å². The van der Waals surface area contributed by atoms with Crippen LogP contribution in [0.3, 0.4) is 0 Å². The number of aromatic nitrogens is 2. The van der Waals surface area contributed by atoms with Gasteiger partial charge in [0.05, 0.1) is 6.20 Å². The highest BCUT2D eigenvalue weighted by Crippen LogP contribution is 2.35. The SMILES string of the molecule is CCCn1cc(C(NCC)C(C)(C)CC)cn1. The maximum Gasteiger partial charge on any atom is 0.0537 e. The second-order valence-electron chi connectivity index (χ2n) is 5.37. The van der Waals surface area contributed by atoms with Gasteiger partial charge in [-0.3, -0.25) is 4.68 Å². The first kappa shape index (κ1) is 14.2. The summed E-state index contributed by atoms with van der Waals surface area (Å²) in [5.74, 6) is 0. The van der Waals surface area contributed by atoms with Gasteiger partial charge >= 0.3 is 0 Å². The lowest BCUT2D eigenvalue weighted by atomic mass is 9.79. The quantitative estimate of drug-likeness (QED) is 0.788. The van der Waals surface area contributed by atoms with Crippen molar-refractivity contribution in [1.29, 1.82) is 0 Å². The minimum Gasteiger partial charge on any atom is -0.310 e. The molecule has 3 heteroatoms. The van der Waals surface area contributed by atoms with Gasteiger partial charge in [0.25, 0.3) is 0 Å². The maximum atomic E-state index is 4.43. The van der Waals surface area contributed by atoms with Crippen molar-refractivity contribution in [3.8, 4) is 0 Å². The fourth-order valence-corrected chi connectivity index (χ4v) is 2.13. The Morgan fingerprint density at radius 1 is 1.35 bits per heavy atom. The fourth-order valence-electron chi connectivity index (χ4n) is 2.13. The Kier molecular flexibility index (Phi) is 5.19. The molecular weight excluding hydrogens is 210 g/mol. The van der Waals surface area contributed by atoms with Crippen LogP contribution in [0.5, 0.6) is 0 Å². The molecule has 1 heterocycles. The van der Waals surface area contributed by atoms with Crippen LogP contribution in [0.1, 0.15) is 59.1 Å².